The smallest absolute Gasteiger partial charge is 0.250 e. The van der Waals surface area contributed by atoms with Gasteiger partial charge in [0.15, 0.2) is 0 Å². The van der Waals surface area contributed by atoms with Gasteiger partial charge in [0.25, 0.3) is 5.56 Å². The van der Waals surface area contributed by atoms with Crippen molar-refractivity contribution in [2.24, 2.45) is 0 Å². The van der Waals surface area contributed by atoms with Gasteiger partial charge in [0.05, 0.1) is 6.54 Å². The van der Waals surface area contributed by atoms with Crippen molar-refractivity contribution in [3.63, 3.8) is 0 Å². The van der Waals surface area contributed by atoms with E-state index in [-0.39, 0.29) is 11.5 Å². The Balaban J connectivity index is 1.23. The summed E-state index contributed by atoms with van der Waals surface area (Å²) in [4.78, 5) is 28.1. The molecule has 0 spiro atoms. The minimum atomic E-state index is -0.170. The third kappa shape index (κ3) is 6.77. The van der Waals surface area contributed by atoms with Crippen LogP contribution in [-0.4, -0.2) is 15.5 Å². The van der Waals surface area contributed by atoms with E-state index in [1.54, 1.807) is 41.4 Å². The molecule has 2 heterocycles. The predicted octanol–water partition coefficient (Wildman–Crippen LogP) is 4.20. The van der Waals surface area contributed by atoms with Gasteiger partial charge in [-0.2, -0.15) is 0 Å². The fraction of sp³-hybridized carbons (Fsp3) is 0.107. The second-order valence-corrected chi connectivity index (χ2v) is 7.75. The van der Waals surface area contributed by atoms with Gasteiger partial charge >= 0.3 is 0 Å². The zero-order valence-electron chi connectivity index (χ0n) is 18.6. The highest BCUT2D eigenvalue weighted by Crippen LogP contribution is 2.15. The van der Waals surface area contributed by atoms with Crippen LogP contribution in [0.3, 0.4) is 0 Å². The van der Waals surface area contributed by atoms with Crippen molar-refractivity contribution in [2.45, 2.75) is 19.7 Å². The van der Waals surface area contributed by atoms with Gasteiger partial charge in [-0.25, -0.2) is 0 Å². The number of aromatic nitrogens is 2. The van der Waals surface area contributed by atoms with Crippen LogP contribution in [0.5, 0.6) is 5.75 Å². The van der Waals surface area contributed by atoms with E-state index in [0.29, 0.717) is 19.7 Å². The maximum Gasteiger partial charge on any atom is 0.250 e. The fourth-order valence-electron chi connectivity index (χ4n) is 3.30. The molecule has 0 aliphatic heterocycles. The highest BCUT2D eigenvalue weighted by Gasteiger charge is 2.01. The van der Waals surface area contributed by atoms with Gasteiger partial charge in [-0.1, -0.05) is 48.5 Å². The summed E-state index contributed by atoms with van der Waals surface area (Å²) in [5.74, 6) is 0.586. The Labute approximate surface area is 198 Å². The predicted molar refractivity (Wildman–Crippen MR) is 132 cm³/mol. The number of nitrogens with zero attached hydrogens (tertiary/aromatic N) is 2. The van der Waals surface area contributed by atoms with Crippen molar-refractivity contribution in [2.75, 3.05) is 0 Å². The first-order valence-electron chi connectivity index (χ1n) is 11.0. The number of ether oxygens (including phenoxy) is 1. The Kier molecular flexibility index (Phi) is 7.64. The van der Waals surface area contributed by atoms with E-state index in [9.17, 15) is 9.59 Å². The summed E-state index contributed by atoms with van der Waals surface area (Å²) in [6, 6.07) is 24.4. The zero-order chi connectivity index (χ0) is 23.6. The Hall–Kier alpha value is -4.45. The Morgan fingerprint density at radius 2 is 1.71 bits per heavy atom. The molecule has 1 amide bonds. The second kappa shape index (κ2) is 11.4. The normalized spacial score (nSPS) is 10.8. The number of hydrogen-bond acceptors (Lipinski definition) is 4. The lowest BCUT2D eigenvalue weighted by molar-refractivity contribution is -0.116. The zero-order valence-corrected chi connectivity index (χ0v) is 18.6. The number of amides is 1. The number of nitrogens with one attached hydrogen (secondary N) is 1. The van der Waals surface area contributed by atoms with Crippen molar-refractivity contribution in [3.05, 3.63) is 136 Å². The minimum absolute atomic E-state index is 0.0301. The average molecular weight is 452 g/mol. The maximum atomic E-state index is 12.2. The van der Waals surface area contributed by atoms with Crippen molar-refractivity contribution >= 4 is 12.0 Å². The molecule has 0 radical (unpaired) electrons. The van der Waals surface area contributed by atoms with E-state index in [1.807, 2.05) is 66.7 Å². The fourth-order valence-corrected chi connectivity index (χ4v) is 3.30. The van der Waals surface area contributed by atoms with Gasteiger partial charge in [0.1, 0.15) is 12.4 Å². The number of pyridine rings is 2. The monoisotopic (exact) mass is 451 g/mol. The Bertz CT molecular complexity index is 1300. The first-order valence-corrected chi connectivity index (χ1v) is 11.0. The lowest BCUT2D eigenvalue weighted by atomic mass is 10.1. The standard InChI is InChI=1S/C28H25N3O3/c32-27(15-12-22-10-13-26(14-11-22)34-21-25-4-3-16-29-18-25)30-19-23-6-8-24(9-7-23)20-31-17-2-1-5-28(31)33/h1-18H,19-21H2,(H,30,32)/b15-12+. The number of carbonyl (C=O) groups is 1. The quantitative estimate of drug-likeness (QED) is 0.387. The molecule has 0 aliphatic carbocycles. The summed E-state index contributed by atoms with van der Waals surface area (Å²) in [5.41, 5.74) is 3.89. The van der Waals surface area contributed by atoms with E-state index in [0.717, 1.165) is 28.0 Å². The van der Waals surface area contributed by atoms with Crippen LogP contribution in [0.4, 0.5) is 0 Å². The first-order chi connectivity index (χ1) is 16.7. The van der Waals surface area contributed by atoms with E-state index in [2.05, 4.69) is 10.3 Å². The largest absolute Gasteiger partial charge is 0.489 e. The van der Waals surface area contributed by atoms with E-state index < -0.39 is 0 Å². The number of rotatable bonds is 9. The summed E-state index contributed by atoms with van der Waals surface area (Å²) >= 11 is 0. The van der Waals surface area contributed by atoms with E-state index in [4.69, 9.17) is 4.74 Å². The summed E-state index contributed by atoms with van der Waals surface area (Å²) in [5, 5.41) is 2.89. The first kappa shape index (κ1) is 22.7. The molecule has 0 saturated carbocycles. The van der Waals surface area contributed by atoms with Gasteiger partial charge in [0.2, 0.25) is 5.91 Å². The number of hydrogen-bond donors (Lipinski definition) is 1. The molecule has 6 heteroatoms. The van der Waals surface area contributed by atoms with Gasteiger partial charge in [-0.15, -0.1) is 0 Å². The molecule has 34 heavy (non-hydrogen) atoms. The molecular weight excluding hydrogens is 426 g/mol. The molecule has 0 saturated heterocycles. The molecule has 2 aromatic carbocycles. The number of benzene rings is 2. The number of carbonyl (C=O) groups excluding carboxylic acids is 1. The maximum absolute atomic E-state index is 12.2. The molecule has 0 unspecified atom stereocenters. The third-order valence-corrected chi connectivity index (χ3v) is 5.18. The molecule has 0 aliphatic rings. The summed E-state index contributed by atoms with van der Waals surface area (Å²) < 4.78 is 7.40. The van der Waals surface area contributed by atoms with E-state index in [1.165, 1.54) is 6.08 Å². The highest BCUT2D eigenvalue weighted by atomic mass is 16.5. The van der Waals surface area contributed by atoms with Crippen LogP contribution in [-0.2, 0) is 24.5 Å². The summed E-state index contributed by atoms with van der Waals surface area (Å²) in [6.45, 7) is 1.40. The topological polar surface area (TPSA) is 73.2 Å². The lowest BCUT2D eigenvalue weighted by Crippen LogP contribution is -2.20. The van der Waals surface area contributed by atoms with Crippen molar-refractivity contribution in [3.8, 4) is 5.75 Å². The minimum Gasteiger partial charge on any atom is -0.489 e. The Morgan fingerprint density at radius 3 is 2.44 bits per heavy atom. The van der Waals surface area contributed by atoms with Crippen LogP contribution < -0.4 is 15.6 Å². The third-order valence-electron chi connectivity index (χ3n) is 5.18. The van der Waals surface area contributed by atoms with Crippen molar-refractivity contribution < 1.29 is 9.53 Å². The van der Waals surface area contributed by atoms with Crippen molar-refractivity contribution in [1.82, 2.24) is 14.9 Å². The molecule has 2 aromatic heterocycles. The van der Waals surface area contributed by atoms with Crippen LogP contribution >= 0.6 is 0 Å². The van der Waals surface area contributed by atoms with Crippen LogP contribution in [0.15, 0.2) is 108 Å². The molecular formula is C28H25N3O3. The van der Waals surface area contributed by atoms with Crippen LogP contribution in [0.2, 0.25) is 0 Å². The molecule has 0 fully saturated rings. The molecule has 1 N–H and O–H groups in total. The van der Waals surface area contributed by atoms with Crippen molar-refractivity contribution in [1.29, 1.82) is 0 Å². The van der Waals surface area contributed by atoms with Crippen LogP contribution in [0.25, 0.3) is 6.08 Å². The summed E-state index contributed by atoms with van der Waals surface area (Å²) in [6.07, 6.45) is 8.56. The van der Waals surface area contributed by atoms with Gasteiger partial charge in [-0.05, 0) is 47.0 Å². The SMILES string of the molecule is O=C(/C=C/c1ccc(OCc2cccnc2)cc1)NCc1ccc(Cn2ccccc2=O)cc1. The van der Waals surface area contributed by atoms with Crippen LogP contribution in [0.1, 0.15) is 22.3 Å². The lowest BCUT2D eigenvalue weighted by Gasteiger charge is -2.07. The second-order valence-electron chi connectivity index (χ2n) is 7.75. The summed E-state index contributed by atoms with van der Waals surface area (Å²) in [7, 11) is 0. The van der Waals surface area contributed by atoms with Gasteiger partial charge in [-0.3, -0.25) is 14.6 Å². The molecule has 4 rings (SSSR count). The molecule has 4 aromatic rings. The molecule has 0 bridgehead atoms. The van der Waals surface area contributed by atoms with Gasteiger partial charge < -0.3 is 14.6 Å². The molecule has 170 valence electrons. The molecule has 6 nitrogen and oxygen atoms in total. The average Bonchev–Trinajstić information content (AvgIpc) is 2.88. The highest BCUT2D eigenvalue weighted by molar-refractivity contribution is 5.91. The van der Waals surface area contributed by atoms with Gasteiger partial charge in [0, 0.05) is 42.8 Å². The van der Waals surface area contributed by atoms with Crippen LogP contribution in [0, 0.1) is 0 Å². The molecule has 0 atom stereocenters. The van der Waals surface area contributed by atoms with E-state index >= 15 is 0 Å². The Morgan fingerprint density at radius 1 is 0.912 bits per heavy atom.